The van der Waals surface area contributed by atoms with E-state index < -0.39 is 0 Å². The number of nitrogens with zero attached hydrogens (tertiary/aromatic N) is 4. The fourth-order valence-electron chi connectivity index (χ4n) is 3.68. The zero-order valence-electron chi connectivity index (χ0n) is 16.8. The Bertz CT molecular complexity index is 712. The zero-order chi connectivity index (χ0) is 20.2. The maximum atomic E-state index is 9.00. The summed E-state index contributed by atoms with van der Waals surface area (Å²) in [7, 11) is 0. The highest BCUT2D eigenvalue weighted by atomic mass is 16.3. The van der Waals surface area contributed by atoms with Crippen LogP contribution in [0.5, 0.6) is 0 Å². The van der Waals surface area contributed by atoms with Crippen LogP contribution in [0.1, 0.15) is 23.6 Å². The fourth-order valence-corrected chi connectivity index (χ4v) is 3.68. The number of piperazine rings is 1. The van der Waals surface area contributed by atoms with E-state index in [9.17, 15) is 0 Å². The highest BCUT2D eigenvalue weighted by Crippen LogP contribution is 2.29. The van der Waals surface area contributed by atoms with Crippen molar-refractivity contribution in [3.63, 3.8) is 0 Å². The second-order valence-electron chi connectivity index (χ2n) is 7.09. The number of hydrogen-bond donors (Lipinski definition) is 1. The van der Waals surface area contributed by atoms with Crippen LogP contribution in [-0.2, 0) is 0 Å². The first kappa shape index (κ1) is 21.1. The van der Waals surface area contributed by atoms with Gasteiger partial charge in [0.05, 0.1) is 6.04 Å². The quantitative estimate of drug-likeness (QED) is 0.700. The summed E-state index contributed by atoms with van der Waals surface area (Å²) in [6.45, 7) is 5.59. The number of benzene rings is 2. The molecule has 0 spiro atoms. The summed E-state index contributed by atoms with van der Waals surface area (Å²) in [4.78, 5) is 5.04. The van der Waals surface area contributed by atoms with Gasteiger partial charge in [-0.3, -0.25) is 4.90 Å². The van der Waals surface area contributed by atoms with Crippen LogP contribution in [0.4, 0.5) is 0 Å². The minimum Gasteiger partial charge on any atom is -0.396 e. The van der Waals surface area contributed by atoms with Crippen molar-refractivity contribution in [3.8, 4) is 0 Å². The van der Waals surface area contributed by atoms with Crippen molar-refractivity contribution in [2.24, 2.45) is 0 Å². The van der Waals surface area contributed by atoms with Gasteiger partial charge < -0.3 is 10.0 Å². The normalized spacial score (nSPS) is 15.0. The van der Waals surface area contributed by atoms with E-state index in [0.29, 0.717) is 6.04 Å². The summed E-state index contributed by atoms with van der Waals surface area (Å²) in [5.74, 6) is 0. The molecule has 5 heteroatoms. The molecule has 0 aliphatic carbocycles. The SMILES string of the molecule is OCCCN1CCN(C(c2ccccc2)c2ccccc2)CC1.c1ccnnc1. The van der Waals surface area contributed by atoms with Crippen LogP contribution in [0.2, 0.25) is 0 Å². The number of rotatable bonds is 6. The van der Waals surface area contributed by atoms with E-state index in [4.69, 9.17) is 5.11 Å². The molecular weight excluding hydrogens is 360 g/mol. The lowest BCUT2D eigenvalue weighted by Gasteiger charge is -2.39. The van der Waals surface area contributed by atoms with E-state index in [2.05, 4.69) is 80.7 Å². The van der Waals surface area contributed by atoms with E-state index >= 15 is 0 Å². The first-order chi connectivity index (χ1) is 14.4. The third-order valence-corrected chi connectivity index (χ3v) is 5.12. The molecule has 1 aromatic heterocycles. The predicted octanol–water partition coefficient (Wildman–Crippen LogP) is 3.25. The van der Waals surface area contributed by atoms with Crippen LogP contribution < -0.4 is 0 Å². The first-order valence-electron chi connectivity index (χ1n) is 10.3. The van der Waals surface area contributed by atoms with Crippen LogP contribution >= 0.6 is 0 Å². The van der Waals surface area contributed by atoms with Crippen molar-refractivity contribution >= 4 is 0 Å². The van der Waals surface area contributed by atoms with Crippen molar-refractivity contribution < 1.29 is 5.11 Å². The van der Waals surface area contributed by atoms with E-state index in [-0.39, 0.29) is 6.61 Å². The van der Waals surface area contributed by atoms with Gasteiger partial charge in [0.1, 0.15) is 0 Å². The van der Waals surface area contributed by atoms with Gasteiger partial charge in [-0.05, 0) is 29.7 Å². The summed E-state index contributed by atoms with van der Waals surface area (Å²) < 4.78 is 0. The number of aliphatic hydroxyl groups is 1. The van der Waals surface area contributed by atoms with E-state index in [0.717, 1.165) is 39.1 Å². The van der Waals surface area contributed by atoms with Crippen molar-refractivity contribution in [3.05, 3.63) is 96.3 Å². The molecule has 29 heavy (non-hydrogen) atoms. The number of aliphatic hydroxyl groups excluding tert-OH is 1. The summed E-state index contributed by atoms with van der Waals surface area (Å²) in [5.41, 5.74) is 2.73. The van der Waals surface area contributed by atoms with Crippen LogP contribution in [0.25, 0.3) is 0 Å². The van der Waals surface area contributed by atoms with Crippen molar-refractivity contribution in [1.82, 2.24) is 20.0 Å². The lowest BCUT2D eigenvalue weighted by molar-refractivity contribution is 0.104. The summed E-state index contributed by atoms with van der Waals surface area (Å²) >= 11 is 0. The lowest BCUT2D eigenvalue weighted by Crippen LogP contribution is -2.48. The molecule has 1 aliphatic rings. The molecule has 3 aromatic rings. The monoisotopic (exact) mass is 390 g/mol. The molecule has 0 radical (unpaired) electrons. The van der Waals surface area contributed by atoms with Crippen LogP contribution in [0, 0.1) is 0 Å². The fraction of sp³-hybridized carbons (Fsp3) is 0.333. The van der Waals surface area contributed by atoms with Gasteiger partial charge in [0.25, 0.3) is 0 Å². The Morgan fingerprint density at radius 3 is 1.66 bits per heavy atom. The Morgan fingerprint density at radius 1 is 0.724 bits per heavy atom. The van der Waals surface area contributed by atoms with Gasteiger partial charge >= 0.3 is 0 Å². The molecule has 152 valence electrons. The second kappa shape index (κ2) is 12.1. The molecule has 0 amide bonds. The average molecular weight is 391 g/mol. The lowest BCUT2D eigenvalue weighted by atomic mass is 9.96. The highest BCUT2D eigenvalue weighted by molar-refractivity contribution is 5.31. The molecule has 1 saturated heterocycles. The molecule has 1 aliphatic heterocycles. The Hall–Kier alpha value is -2.60. The van der Waals surface area contributed by atoms with Crippen LogP contribution in [0.15, 0.2) is 85.2 Å². The number of aromatic nitrogens is 2. The minimum atomic E-state index is 0.289. The van der Waals surface area contributed by atoms with Crippen molar-refractivity contribution in [2.75, 3.05) is 39.3 Å². The van der Waals surface area contributed by atoms with Gasteiger partial charge in [-0.25, -0.2) is 0 Å². The van der Waals surface area contributed by atoms with Gasteiger partial charge in [-0.1, -0.05) is 60.7 Å². The molecule has 4 rings (SSSR count). The van der Waals surface area contributed by atoms with Gasteiger partial charge in [-0.15, -0.1) is 0 Å². The molecule has 0 saturated carbocycles. The molecule has 0 atom stereocenters. The molecular formula is C24H30N4O. The standard InChI is InChI=1S/C20H26N2O.C4H4N2/c23-17-7-12-21-13-15-22(16-14-21)20(18-8-3-1-4-9-18)19-10-5-2-6-11-19;1-2-4-6-5-3-1/h1-6,8-11,20,23H,7,12-17H2;1-4H. The number of hydrogen-bond acceptors (Lipinski definition) is 5. The Morgan fingerprint density at radius 2 is 1.24 bits per heavy atom. The molecule has 5 nitrogen and oxygen atoms in total. The molecule has 1 fully saturated rings. The van der Waals surface area contributed by atoms with E-state index in [1.54, 1.807) is 12.4 Å². The van der Waals surface area contributed by atoms with Crippen molar-refractivity contribution in [2.45, 2.75) is 12.5 Å². The summed E-state index contributed by atoms with van der Waals surface area (Å²) in [6, 6.07) is 25.6. The summed E-state index contributed by atoms with van der Waals surface area (Å²) in [5, 5.41) is 16.1. The van der Waals surface area contributed by atoms with Crippen LogP contribution in [0.3, 0.4) is 0 Å². The zero-order valence-corrected chi connectivity index (χ0v) is 16.8. The van der Waals surface area contributed by atoms with Crippen LogP contribution in [-0.4, -0.2) is 64.4 Å². The van der Waals surface area contributed by atoms with Gasteiger partial charge in [-0.2, -0.15) is 10.2 Å². The topological polar surface area (TPSA) is 52.5 Å². The smallest absolute Gasteiger partial charge is 0.0602 e. The first-order valence-corrected chi connectivity index (χ1v) is 10.3. The van der Waals surface area contributed by atoms with Crippen molar-refractivity contribution in [1.29, 1.82) is 0 Å². The van der Waals surface area contributed by atoms with Gasteiger partial charge in [0.2, 0.25) is 0 Å². The third-order valence-electron chi connectivity index (χ3n) is 5.12. The van der Waals surface area contributed by atoms with E-state index in [1.165, 1.54) is 11.1 Å². The maximum Gasteiger partial charge on any atom is 0.0602 e. The Kier molecular flexibility index (Phi) is 8.79. The minimum absolute atomic E-state index is 0.289. The summed E-state index contributed by atoms with van der Waals surface area (Å²) in [6.07, 6.45) is 4.15. The Labute approximate surface area is 173 Å². The second-order valence-corrected chi connectivity index (χ2v) is 7.09. The Balaban J connectivity index is 0.000000343. The molecule has 0 bridgehead atoms. The molecule has 0 unspecified atom stereocenters. The van der Waals surface area contributed by atoms with Gasteiger partial charge in [0, 0.05) is 51.7 Å². The maximum absolute atomic E-state index is 9.00. The molecule has 2 heterocycles. The molecule has 1 N–H and O–H groups in total. The molecule has 2 aromatic carbocycles. The predicted molar refractivity (Wildman–Crippen MR) is 116 cm³/mol. The average Bonchev–Trinajstić information content (AvgIpc) is 2.82. The van der Waals surface area contributed by atoms with E-state index in [1.807, 2.05) is 12.1 Å². The third kappa shape index (κ3) is 6.75. The largest absolute Gasteiger partial charge is 0.396 e. The highest BCUT2D eigenvalue weighted by Gasteiger charge is 2.25. The van der Waals surface area contributed by atoms with Gasteiger partial charge in [0.15, 0.2) is 0 Å².